The van der Waals surface area contributed by atoms with Crippen LogP contribution in [0.4, 0.5) is 9.18 Å². The highest BCUT2D eigenvalue weighted by atomic mass is 19.1. The van der Waals surface area contributed by atoms with Gasteiger partial charge in [-0.05, 0) is 85.6 Å². The number of rotatable bonds is 9. The van der Waals surface area contributed by atoms with Gasteiger partial charge < -0.3 is 49.6 Å². The molecule has 13 atom stereocenters. The van der Waals surface area contributed by atoms with Crippen molar-refractivity contribution < 1.29 is 47.6 Å². The van der Waals surface area contributed by atoms with Gasteiger partial charge in [-0.2, -0.15) is 0 Å². The van der Waals surface area contributed by atoms with Crippen LogP contribution in [0.2, 0.25) is 0 Å². The summed E-state index contributed by atoms with van der Waals surface area (Å²) < 4.78 is 44.4. The number of ketones is 1. The van der Waals surface area contributed by atoms with Crippen LogP contribution in [-0.4, -0.2) is 127 Å². The molecule has 1 aromatic rings. The predicted octanol–water partition coefficient (Wildman–Crippen LogP) is 2.55. The van der Waals surface area contributed by atoms with E-state index in [0.717, 1.165) is 0 Å². The number of Topliss-reactive ketones (excluding diaryl/α,β-unsaturated/α-hetero) is 1. The standard InChI is InChI=1S/C37H60FN5O9/c1-11-28-37(7)31(42-35(47)52-37)23(5)40-16-20(2)15-36(6,48-10)32(21(3)29(44)22(4)33(46)50-28)51-34-30(45)27(43(8)9)14-26(49-34)19-39-18-25-13-12-24(38)17-41-25/h12-13,17,20-23,26-28,30-32,34,39-40,45H,11,14-16,18-19H2,1-10H3,(H,42,47)/t20-,21+,22?,23-,26?,27?,28-,30?,31-,32-,34+,36-,37-/m1/s1. The zero-order chi connectivity index (χ0) is 38.5. The van der Waals surface area contributed by atoms with Crippen LogP contribution >= 0.6 is 0 Å². The highest BCUT2D eigenvalue weighted by Gasteiger charge is 2.55. The maximum absolute atomic E-state index is 14.3. The van der Waals surface area contributed by atoms with Gasteiger partial charge in [-0.3, -0.25) is 14.6 Å². The Labute approximate surface area is 307 Å². The number of hydrogen-bond acceptors (Lipinski definition) is 13. The molecule has 3 saturated heterocycles. The Balaban J connectivity index is 1.63. The molecular formula is C37H60FN5O9. The van der Waals surface area contributed by atoms with Gasteiger partial charge in [-0.25, -0.2) is 9.18 Å². The van der Waals surface area contributed by atoms with E-state index >= 15 is 0 Å². The van der Waals surface area contributed by atoms with Crippen molar-refractivity contribution in [2.75, 3.05) is 34.3 Å². The lowest BCUT2D eigenvalue weighted by Crippen LogP contribution is -2.60. The number of carbonyl (C=O) groups excluding carboxylic acids is 3. The van der Waals surface area contributed by atoms with Gasteiger partial charge in [0.2, 0.25) is 0 Å². The number of nitrogens with zero attached hydrogens (tertiary/aromatic N) is 2. The second kappa shape index (κ2) is 17.6. The summed E-state index contributed by atoms with van der Waals surface area (Å²) >= 11 is 0. The third-order valence-electron chi connectivity index (χ3n) is 11.2. The minimum Gasteiger partial charge on any atom is -0.458 e. The van der Waals surface area contributed by atoms with Crippen LogP contribution in [0.1, 0.15) is 73.4 Å². The fourth-order valence-corrected chi connectivity index (χ4v) is 8.03. The molecule has 0 radical (unpaired) electrons. The molecule has 0 spiro atoms. The lowest BCUT2D eigenvalue weighted by Gasteiger charge is -2.47. The maximum Gasteiger partial charge on any atom is 0.408 e. The molecule has 15 heteroatoms. The van der Waals surface area contributed by atoms with Crippen LogP contribution in [0.25, 0.3) is 0 Å². The van der Waals surface area contributed by atoms with E-state index in [2.05, 4.69) is 27.9 Å². The molecule has 1 amide bonds. The van der Waals surface area contributed by atoms with Crippen molar-refractivity contribution in [3.05, 3.63) is 29.8 Å². The number of halogens is 1. The Morgan fingerprint density at radius 1 is 1.15 bits per heavy atom. The monoisotopic (exact) mass is 737 g/mol. The van der Waals surface area contributed by atoms with E-state index in [4.69, 9.17) is 23.7 Å². The Morgan fingerprint density at radius 3 is 2.48 bits per heavy atom. The smallest absolute Gasteiger partial charge is 0.408 e. The number of cyclic esters (lactones) is 1. The van der Waals surface area contributed by atoms with E-state index < -0.39 is 83.4 Å². The van der Waals surface area contributed by atoms with Crippen molar-refractivity contribution in [1.29, 1.82) is 0 Å². The molecule has 0 aromatic carbocycles. The van der Waals surface area contributed by atoms with E-state index in [0.29, 0.717) is 44.6 Å². The van der Waals surface area contributed by atoms with Gasteiger partial charge in [0.05, 0.1) is 35.7 Å². The van der Waals surface area contributed by atoms with Gasteiger partial charge in [-0.1, -0.05) is 20.8 Å². The minimum atomic E-state index is -1.19. The third-order valence-corrected chi connectivity index (χ3v) is 11.2. The largest absolute Gasteiger partial charge is 0.458 e. The predicted molar refractivity (Wildman–Crippen MR) is 190 cm³/mol. The fourth-order valence-electron chi connectivity index (χ4n) is 8.03. The lowest BCUT2D eigenvalue weighted by molar-refractivity contribution is -0.297. The van der Waals surface area contributed by atoms with Gasteiger partial charge in [0.15, 0.2) is 17.7 Å². The summed E-state index contributed by atoms with van der Waals surface area (Å²) in [6.45, 7) is 13.9. The van der Waals surface area contributed by atoms with E-state index in [1.54, 1.807) is 27.0 Å². The van der Waals surface area contributed by atoms with Gasteiger partial charge >= 0.3 is 12.1 Å². The second-order valence-corrected chi connectivity index (χ2v) is 15.5. The maximum atomic E-state index is 14.3. The number of esters is 1. The normalized spacial score (nSPS) is 39.6. The van der Waals surface area contributed by atoms with Crippen LogP contribution in [0.15, 0.2) is 18.3 Å². The quantitative estimate of drug-likeness (QED) is 0.216. The molecule has 3 aliphatic heterocycles. The highest BCUT2D eigenvalue weighted by molar-refractivity contribution is 6.00. The molecule has 4 heterocycles. The van der Waals surface area contributed by atoms with Crippen LogP contribution in [0.5, 0.6) is 0 Å². The number of likely N-dealkylation sites (N-methyl/N-ethyl adjacent to an activating group) is 1. The molecule has 14 nitrogen and oxygen atoms in total. The molecule has 4 unspecified atom stereocenters. The molecule has 3 aliphatic rings. The number of aliphatic hydroxyl groups is 1. The van der Waals surface area contributed by atoms with Crippen molar-refractivity contribution in [2.45, 2.75) is 134 Å². The summed E-state index contributed by atoms with van der Waals surface area (Å²) in [5.74, 6) is -3.69. The summed E-state index contributed by atoms with van der Waals surface area (Å²) in [6.07, 6.45) is -2.55. The lowest BCUT2D eigenvalue weighted by atomic mass is 9.78. The van der Waals surface area contributed by atoms with Crippen LogP contribution in [0, 0.1) is 23.6 Å². The number of carbonyl (C=O) groups is 3. The number of ether oxygens (including phenoxy) is 5. The Kier molecular flexibility index (Phi) is 14.2. The van der Waals surface area contributed by atoms with E-state index in [1.807, 2.05) is 39.8 Å². The van der Waals surface area contributed by atoms with E-state index in [1.165, 1.54) is 19.2 Å². The van der Waals surface area contributed by atoms with Gasteiger partial charge in [0.1, 0.15) is 23.9 Å². The summed E-state index contributed by atoms with van der Waals surface area (Å²) in [4.78, 5) is 46.5. The average molecular weight is 738 g/mol. The number of hydrogen-bond donors (Lipinski definition) is 4. The molecule has 0 saturated carbocycles. The fraction of sp³-hybridized carbons (Fsp3) is 0.784. The molecular weight excluding hydrogens is 677 g/mol. The van der Waals surface area contributed by atoms with Crippen molar-refractivity contribution in [3.63, 3.8) is 0 Å². The number of aromatic nitrogens is 1. The number of aliphatic hydroxyl groups excluding tert-OH is 1. The van der Waals surface area contributed by atoms with Crippen molar-refractivity contribution in [1.82, 2.24) is 25.8 Å². The molecule has 0 aliphatic carbocycles. The molecule has 0 bridgehead atoms. The summed E-state index contributed by atoms with van der Waals surface area (Å²) in [5.41, 5.74) is -1.60. The van der Waals surface area contributed by atoms with Crippen LogP contribution in [-0.2, 0) is 39.8 Å². The van der Waals surface area contributed by atoms with Crippen LogP contribution in [0.3, 0.4) is 0 Å². The van der Waals surface area contributed by atoms with E-state index in [-0.39, 0.29) is 18.0 Å². The number of fused-ring (bicyclic) bond motifs is 1. The summed E-state index contributed by atoms with van der Waals surface area (Å²) in [6, 6.07) is 1.83. The van der Waals surface area contributed by atoms with Crippen molar-refractivity contribution in [2.24, 2.45) is 17.8 Å². The SMILES string of the molecule is CC[C@H]1OC(=O)C(C)C(=O)[C@H](C)[C@@H](O[C@@H]2OC(CNCc3ccc(F)cn3)CC(N(C)C)C2O)[C@](C)(OC)C[C@@H](C)CN[C@H](C)[C@H]2NC(=O)O[C@@]21C. The Morgan fingerprint density at radius 2 is 1.87 bits per heavy atom. The Bertz CT molecular complexity index is 1370. The average Bonchev–Trinajstić information content (AvgIpc) is 3.42. The number of pyridine rings is 1. The zero-order valence-corrected chi connectivity index (χ0v) is 32.3. The first-order valence-corrected chi connectivity index (χ1v) is 18.4. The Hall–Kier alpha value is -2.79. The number of amides is 1. The van der Waals surface area contributed by atoms with Crippen LogP contribution < -0.4 is 16.0 Å². The first-order valence-electron chi connectivity index (χ1n) is 18.4. The first-order chi connectivity index (χ1) is 24.4. The van der Waals surface area contributed by atoms with Gasteiger partial charge in [0.25, 0.3) is 0 Å². The van der Waals surface area contributed by atoms with Crippen molar-refractivity contribution in [3.8, 4) is 0 Å². The molecule has 52 heavy (non-hydrogen) atoms. The number of alkyl carbamates (subject to hydrolysis) is 1. The third kappa shape index (κ3) is 9.46. The molecule has 4 rings (SSSR count). The van der Waals surface area contributed by atoms with E-state index in [9.17, 15) is 23.9 Å². The first kappa shape index (κ1) is 42.0. The second-order valence-electron chi connectivity index (χ2n) is 15.5. The number of nitrogens with one attached hydrogen (secondary N) is 3. The summed E-state index contributed by atoms with van der Waals surface area (Å²) in [7, 11) is 5.30. The van der Waals surface area contributed by atoms with Crippen molar-refractivity contribution >= 4 is 17.8 Å². The molecule has 1 aromatic heterocycles. The zero-order valence-electron chi connectivity index (χ0n) is 32.3. The highest BCUT2D eigenvalue weighted by Crippen LogP contribution is 2.37. The number of methoxy groups -OCH3 is 1. The van der Waals surface area contributed by atoms with Gasteiger partial charge in [-0.15, -0.1) is 0 Å². The topological polar surface area (TPSA) is 170 Å². The molecule has 294 valence electrons. The molecule has 4 N–H and O–H groups in total. The van der Waals surface area contributed by atoms with Gasteiger partial charge in [0, 0.05) is 38.2 Å². The summed E-state index contributed by atoms with van der Waals surface area (Å²) in [5, 5.41) is 21.4. The molecule has 3 fully saturated rings. The minimum absolute atomic E-state index is 0.0174.